The Morgan fingerprint density at radius 3 is 2.20 bits per heavy atom. The summed E-state index contributed by atoms with van der Waals surface area (Å²) in [4.78, 5) is 2.14. The highest BCUT2D eigenvalue weighted by atomic mass is 15.1. The first-order valence-corrected chi connectivity index (χ1v) is 10.7. The molecule has 1 aromatic heterocycles. The van der Waals surface area contributed by atoms with Gasteiger partial charge in [0, 0.05) is 54.2 Å². The molecule has 0 aliphatic carbocycles. The molecule has 3 aromatic carbocycles. The minimum atomic E-state index is 0.0695. The number of nitrogens with one attached hydrogen (secondary N) is 1. The third kappa shape index (κ3) is 3.56. The topological polar surface area (TPSA) is 20.2 Å². The van der Waals surface area contributed by atoms with Gasteiger partial charge in [-0.2, -0.15) is 0 Å². The van der Waals surface area contributed by atoms with Crippen LogP contribution in [0, 0.1) is 13.8 Å². The van der Waals surface area contributed by atoms with Crippen molar-refractivity contribution in [3.63, 3.8) is 0 Å². The fraction of sp³-hybridized carbons (Fsp3) is 0.259. The van der Waals surface area contributed by atoms with E-state index in [1.54, 1.807) is 0 Å². The lowest BCUT2D eigenvalue weighted by Gasteiger charge is -2.24. The first-order valence-electron chi connectivity index (χ1n) is 10.7. The van der Waals surface area contributed by atoms with Crippen LogP contribution in [0.15, 0.2) is 72.8 Å². The van der Waals surface area contributed by atoms with Crippen molar-refractivity contribution in [3.05, 3.63) is 95.2 Å². The highest BCUT2D eigenvalue weighted by Gasteiger charge is 2.23. The molecule has 30 heavy (non-hydrogen) atoms. The smallest absolute Gasteiger partial charge is 0.0791 e. The number of benzene rings is 3. The SMILES string of the molecule is CCn1c(C)c(C(Nc2ccccc2C)c2ccc(N(C)C)cc2)c2ccccc21. The molecule has 0 bridgehead atoms. The Morgan fingerprint density at radius 1 is 0.867 bits per heavy atom. The average molecular weight is 398 g/mol. The molecule has 1 atom stereocenters. The van der Waals surface area contributed by atoms with Crippen LogP contribution in [0.25, 0.3) is 10.9 Å². The summed E-state index contributed by atoms with van der Waals surface area (Å²) >= 11 is 0. The normalized spacial score (nSPS) is 12.2. The van der Waals surface area contributed by atoms with Gasteiger partial charge in [-0.1, -0.05) is 48.5 Å². The molecule has 1 unspecified atom stereocenters. The van der Waals surface area contributed by atoms with Gasteiger partial charge < -0.3 is 14.8 Å². The van der Waals surface area contributed by atoms with E-state index in [4.69, 9.17) is 0 Å². The van der Waals surface area contributed by atoms with Crippen molar-refractivity contribution in [1.82, 2.24) is 4.57 Å². The van der Waals surface area contributed by atoms with Gasteiger partial charge in [-0.3, -0.25) is 0 Å². The number of hydrogen-bond acceptors (Lipinski definition) is 2. The van der Waals surface area contributed by atoms with E-state index in [1.165, 1.54) is 44.7 Å². The van der Waals surface area contributed by atoms with E-state index in [9.17, 15) is 0 Å². The lowest BCUT2D eigenvalue weighted by atomic mass is 9.95. The monoisotopic (exact) mass is 397 g/mol. The first kappa shape index (κ1) is 20.1. The van der Waals surface area contributed by atoms with E-state index in [-0.39, 0.29) is 6.04 Å². The number of hydrogen-bond donors (Lipinski definition) is 1. The summed E-state index contributed by atoms with van der Waals surface area (Å²) < 4.78 is 2.42. The number of aromatic nitrogens is 1. The van der Waals surface area contributed by atoms with E-state index in [2.05, 4.69) is 122 Å². The van der Waals surface area contributed by atoms with Crippen molar-refractivity contribution in [1.29, 1.82) is 0 Å². The van der Waals surface area contributed by atoms with Crippen molar-refractivity contribution in [2.24, 2.45) is 0 Å². The molecule has 0 saturated heterocycles. The Morgan fingerprint density at radius 2 is 1.53 bits per heavy atom. The Labute approximate surface area is 180 Å². The third-order valence-corrected chi connectivity index (χ3v) is 6.07. The fourth-order valence-corrected chi connectivity index (χ4v) is 4.41. The summed E-state index contributed by atoms with van der Waals surface area (Å²) in [5.74, 6) is 0. The second kappa shape index (κ2) is 8.27. The van der Waals surface area contributed by atoms with Gasteiger partial charge in [0.1, 0.15) is 0 Å². The molecule has 3 heteroatoms. The van der Waals surface area contributed by atoms with Crippen LogP contribution in [0.5, 0.6) is 0 Å². The molecule has 3 nitrogen and oxygen atoms in total. The molecule has 154 valence electrons. The molecular weight excluding hydrogens is 366 g/mol. The van der Waals surface area contributed by atoms with E-state index >= 15 is 0 Å². The number of para-hydroxylation sites is 2. The third-order valence-electron chi connectivity index (χ3n) is 6.07. The predicted octanol–water partition coefficient (Wildman–Crippen LogP) is 6.55. The van der Waals surface area contributed by atoms with Gasteiger partial charge in [-0.25, -0.2) is 0 Å². The summed E-state index contributed by atoms with van der Waals surface area (Å²) in [7, 11) is 4.16. The van der Waals surface area contributed by atoms with Crippen LogP contribution in [-0.4, -0.2) is 18.7 Å². The Bertz CT molecular complexity index is 1150. The van der Waals surface area contributed by atoms with Crippen molar-refractivity contribution in [3.8, 4) is 0 Å². The second-order valence-corrected chi connectivity index (χ2v) is 8.14. The number of aryl methyl sites for hydroxylation is 2. The van der Waals surface area contributed by atoms with Crippen LogP contribution < -0.4 is 10.2 Å². The van der Waals surface area contributed by atoms with Crippen molar-refractivity contribution in [2.45, 2.75) is 33.4 Å². The molecule has 0 aliphatic rings. The Balaban J connectivity index is 1.91. The molecule has 0 amide bonds. The van der Waals surface area contributed by atoms with Crippen molar-refractivity contribution in [2.75, 3.05) is 24.3 Å². The maximum atomic E-state index is 3.87. The standard InChI is InChI=1S/C27H31N3/c1-6-30-20(3)26(23-12-8-10-14-25(23)30)27(28-24-13-9-7-11-19(24)2)21-15-17-22(18-16-21)29(4)5/h7-18,27-28H,6H2,1-5H3. The van der Waals surface area contributed by atoms with Gasteiger partial charge in [0.05, 0.1) is 6.04 Å². The second-order valence-electron chi connectivity index (χ2n) is 8.14. The van der Waals surface area contributed by atoms with Gasteiger partial charge in [0.15, 0.2) is 0 Å². The van der Waals surface area contributed by atoms with E-state index in [0.29, 0.717) is 0 Å². The summed E-state index contributed by atoms with van der Waals surface area (Å²) in [5, 5.41) is 5.19. The molecule has 0 aliphatic heterocycles. The zero-order valence-electron chi connectivity index (χ0n) is 18.6. The van der Waals surface area contributed by atoms with E-state index in [1.807, 2.05) is 0 Å². The number of fused-ring (bicyclic) bond motifs is 1. The van der Waals surface area contributed by atoms with E-state index < -0.39 is 0 Å². The maximum absolute atomic E-state index is 3.87. The van der Waals surface area contributed by atoms with Crippen LogP contribution in [0.2, 0.25) is 0 Å². The van der Waals surface area contributed by atoms with Crippen LogP contribution in [0.4, 0.5) is 11.4 Å². The molecule has 4 rings (SSSR count). The van der Waals surface area contributed by atoms with Crippen LogP contribution in [-0.2, 0) is 6.54 Å². The van der Waals surface area contributed by atoms with Gasteiger partial charge in [-0.15, -0.1) is 0 Å². The molecule has 0 saturated carbocycles. The summed E-state index contributed by atoms with van der Waals surface area (Å²) in [5.41, 5.74) is 8.88. The molecular formula is C27H31N3. The number of rotatable bonds is 6. The number of anilines is 2. The molecule has 0 spiro atoms. The van der Waals surface area contributed by atoms with Crippen molar-refractivity contribution >= 4 is 22.3 Å². The lowest BCUT2D eigenvalue weighted by Crippen LogP contribution is -2.15. The van der Waals surface area contributed by atoms with Crippen LogP contribution >= 0.6 is 0 Å². The lowest BCUT2D eigenvalue weighted by molar-refractivity contribution is 0.756. The highest BCUT2D eigenvalue weighted by Crippen LogP contribution is 2.37. The largest absolute Gasteiger partial charge is 0.378 e. The zero-order chi connectivity index (χ0) is 21.3. The highest BCUT2D eigenvalue weighted by molar-refractivity contribution is 5.87. The molecule has 1 heterocycles. The van der Waals surface area contributed by atoms with Crippen molar-refractivity contribution < 1.29 is 0 Å². The quantitative estimate of drug-likeness (QED) is 0.398. The van der Waals surface area contributed by atoms with Gasteiger partial charge >= 0.3 is 0 Å². The van der Waals surface area contributed by atoms with Crippen LogP contribution in [0.1, 0.15) is 35.3 Å². The Kier molecular flexibility index (Phi) is 5.54. The fourth-order valence-electron chi connectivity index (χ4n) is 4.41. The summed E-state index contributed by atoms with van der Waals surface area (Å²) in [6, 6.07) is 26.3. The minimum absolute atomic E-state index is 0.0695. The maximum Gasteiger partial charge on any atom is 0.0791 e. The van der Waals surface area contributed by atoms with Gasteiger partial charge in [0.25, 0.3) is 0 Å². The molecule has 1 N–H and O–H groups in total. The average Bonchev–Trinajstić information content (AvgIpc) is 3.04. The summed E-state index contributed by atoms with van der Waals surface area (Å²) in [6.45, 7) is 7.60. The zero-order valence-corrected chi connectivity index (χ0v) is 18.6. The predicted molar refractivity (Wildman–Crippen MR) is 130 cm³/mol. The summed E-state index contributed by atoms with van der Waals surface area (Å²) in [6.07, 6.45) is 0. The van der Waals surface area contributed by atoms with Crippen LogP contribution in [0.3, 0.4) is 0 Å². The molecule has 0 radical (unpaired) electrons. The minimum Gasteiger partial charge on any atom is -0.378 e. The first-order chi connectivity index (χ1) is 14.5. The molecule has 4 aromatic rings. The Hall–Kier alpha value is -3.20. The van der Waals surface area contributed by atoms with E-state index in [0.717, 1.165) is 6.54 Å². The van der Waals surface area contributed by atoms with Gasteiger partial charge in [-0.05, 0) is 56.2 Å². The molecule has 0 fully saturated rings. The number of nitrogens with zero attached hydrogens (tertiary/aromatic N) is 2. The van der Waals surface area contributed by atoms with Gasteiger partial charge in [0.2, 0.25) is 0 Å².